The number of benzene rings is 1. The van der Waals surface area contributed by atoms with Gasteiger partial charge in [-0.25, -0.2) is 9.97 Å². The van der Waals surface area contributed by atoms with E-state index in [9.17, 15) is 0 Å². The van der Waals surface area contributed by atoms with Gasteiger partial charge in [-0.15, -0.1) is 0 Å². The number of aromatic nitrogens is 2. The summed E-state index contributed by atoms with van der Waals surface area (Å²) >= 11 is 2.23. The Kier molecular flexibility index (Phi) is 4.32. The van der Waals surface area contributed by atoms with Crippen LogP contribution in [0.3, 0.4) is 0 Å². The summed E-state index contributed by atoms with van der Waals surface area (Å²) in [6.07, 6.45) is 0.955. The fourth-order valence-corrected chi connectivity index (χ4v) is 3.18. The quantitative estimate of drug-likeness (QED) is 0.794. The maximum absolute atomic E-state index is 6.09. The van der Waals surface area contributed by atoms with E-state index in [4.69, 9.17) is 10.7 Å². The maximum atomic E-state index is 6.09. The van der Waals surface area contributed by atoms with E-state index in [1.807, 2.05) is 12.1 Å². The molecule has 0 amide bonds. The third kappa shape index (κ3) is 2.95. The third-order valence-electron chi connectivity index (χ3n) is 3.23. The molecule has 0 aliphatic carbocycles. The average Bonchev–Trinajstić information content (AvgIpc) is 2.40. The van der Waals surface area contributed by atoms with E-state index in [2.05, 4.69) is 67.4 Å². The molecule has 3 nitrogen and oxygen atoms in total. The van der Waals surface area contributed by atoms with Crippen LogP contribution >= 0.6 is 22.6 Å². The molecule has 1 aromatic carbocycles. The van der Waals surface area contributed by atoms with Gasteiger partial charge in [0.05, 0.1) is 9.26 Å². The lowest BCUT2D eigenvalue weighted by molar-refractivity contribution is 0.564. The zero-order valence-electron chi connectivity index (χ0n) is 12.4. The first-order chi connectivity index (χ1) is 9.34. The van der Waals surface area contributed by atoms with E-state index in [1.54, 1.807) is 0 Å². The molecular formula is C16H20IN3. The number of anilines is 1. The first-order valence-corrected chi connectivity index (χ1v) is 7.84. The molecule has 2 aromatic rings. The molecule has 1 aromatic heterocycles. The number of hydrogen-bond acceptors (Lipinski definition) is 3. The fraction of sp³-hybridized carbons (Fsp3) is 0.375. The van der Waals surface area contributed by atoms with Crippen molar-refractivity contribution in [3.8, 4) is 11.4 Å². The van der Waals surface area contributed by atoms with Gasteiger partial charge in [-0.2, -0.15) is 0 Å². The summed E-state index contributed by atoms with van der Waals surface area (Å²) in [6.45, 7) is 8.57. The Morgan fingerprint density at radius 2 is 1.80 bits per heavy atom. The van der Waals surface area contributed by atoms with Crippen molar-refractivity contribution >= 4 is 28.4 Å². The van der Waals surface area contributed by atoms with Crippen LogP contribution in [-0.4, -0.2) is 9.97 Å². The van der Waals surface area contributed by atoms with Crippen molar-refractivity contribution in [1.82, 2.24) is 9.97 Å². The van der Waals surface area contributed by atoms with Crippen LogP contribution in [0.2, 0.25) is 0 Å². The third-order valence-corrected chi connectivity index (χ3v) is 4.29. The van der Waals surface area contributed by atoms with Crippen molar-refractivity contribution in [2.75, 3.05) is 5.73 Å². The van der Waals surface area contributed by atoms with Crippen molar-refractivity contribution in [2.45, 2.75) is 39.5 Å². The van der Waals surface area contributed by atoms with Gasteiger partial charge in [0.2, 0.25) is 0 Å². The highest BCUT2D eigenvalue weighted by atomic mass is 127. The van der Waals surface area contributed by atoms with Crippen LogP contribution in [0.25, 0.3) is 11.4 Å². The predicted molar refractivity (Wildman–Crippen MR) is 92.7 cm³/mol. The van der Waals surface area contributed by atoms with Gasteiger partial charge in [0, 0.05) is 11.0 Å². The molecule has 0 aliphatic heterocycles. The Labute approximate surface area is 134 Å². The second kappa shape index (κ2) is 5.68. The van der Waals surface area contributed by atoms with Crippen LogP contribution in [0.15, 0.2) is 24.3 Å². The molecule has 0 radical (unpaired) electrons. The van der Waals surface area contributed by atoms with Crippen LogP contribution in [0.4, 0.5) is 5.82 Å². The standard InChI is InChI=1S/C16H20IN3/c1-5-10-8-6-7-9-11(10)15-19-13(16(2,3)4)12(17)14(18)20-15/h6-9H,5H2,1-4H3,(H2,18,19,20). The number of nitrogens with zero attached hydrogens (tertiary/aromatic N) is 2. The molecule has 106 valence electrons. The molecule has 0 spiro atoms. The molecule has 0 atom stereocenters. The highest BCUT2D eigenvalue weighted by Crippen LogP contribution is 2.31. The Morgan fingerprint density at radius 1 is 1.15 bits per heavy atom. The Hall–Kier alpha value is -1.17. The number of rotatable bonds is 2. The summed E-state index contributed by atoms with van der Waals surface area (Å²) in [4.78, 5) is 9.27. The second-order valence-electron chi connectivity index (χ2n) is 5.86. The minimum absolute atomic E-state index is 0.0521. The highest BCUT2D eigenvalue weighted by Gasteiger charge is 2.23. The van der Waals surface area contributed by atoms with Gasteiger partial charge in [-0.05, 0) is 34.6 Å². The predicted octanol–water partition coefficient (Wildman–Crippen LogP) is 4.19. The zero-order valence-corrected chi connectivity index (χ0v) is 14.5. The number of nitrogens with two attached hydrogens (primary N) is 1. The molecule has 20 heavy (non-hydrogen) atoms. The molecule has 0 saturated carbocycles. The molecule has 2 N–H and O–H groups in total. The number of hydrogen-bond donors (Lipinski definition) is 1. The van der Waals surface area contributed by atoms with Crippen LogP contribution in [0.1, 0.15) is 39.0 Å². The SMILES string of the molecule is CCc1ccccc1-c1nc(N)c(I)c(C(C)(C)C)n1. The van der Waals surface area contributed by atoms with Gasteiger partial charge in [0.1, 0.15) is 5.82 Å². The van der Waals surface area contributed by atoms with Gasteiger partial charge in [0.15, 0.2) is 5.82 Å². The highest BCUT2D eigenvalue weighted by molar-refractivity contribution is 14.1. The Morgan fingerprint density at radius 3 is 2.40 bits per heavy atom. The summed E-state index contributed by atoms with van der Waals surface area (Å²) in [5.74, 6) is 1.29. The first-order valence-electron chi connectivity index (χ1n) is 6.76. The average molecular weight is 381 g/mol. The molecule has 0 unspecified atom stereocenters. The van der Waals surface area contributed by atoms with Crippen LogP contribution in [0, 0.1) is 3.57 Å². The van der Waals surface area contributed by atoms with Crippen LogP contribution in [-0.2, 0) is 11.8 Å². The second-order valence-corrected chi connectivity index (χ2v) is 6.93. The Balaban J connectivity index is 2.67. The van der Waals surface area contributed by atoms with E-state index in [0.717, 1.165) is 27.1 Å². The van der Waals surface area contributed by atoms with Crippen molar-refractivity contribution in [3.05, 3.63) is 39.1 Å². The molecule has 1 heterocycles. The molecule has 0 saturated heterocycles. The maximum Gasteiger partial charge on any atom is 0.162 e. The lowest BCUT2D eigenvalue weighted by atomic mass is 9.91. The fourth-order valence-electron chi connectivity index (χ4n) is 2.13. The number of nitrogen functional groups attached to an aromatic ring is 1. The lowest BCUT2D eigenvalue weighted by Gasteiger charge is -2.21. The largest absolute Gasteiger partial charge is 0.383 e. The topological polar surface area (TPSA) is 51.8 Å². The van der Waals surface area contributed by atoms with Gasteiger partial charge < -0.3 is 5.73 Å². The summed E-state index contributed by atoms with van der Waals surface area (Å²) < 4.78 is 0.952. The zero-order chi connectivity index (χ0) is 14.9. The summed E-state index contributed by atoms with van der Waals surface area (Å²) in [5.41, 5.74) is 9.36. The monoisotopic (exact) mass is 381 g/mol. The Bertz CT molecular complexity index is 630. The summed E-state index contributed by atoms with van der Waals surface area (Å²) in [7, 11) is 0. The van der Waals surface area contributed by atoms with E-state index in [0.29, 0.717) is 5.82 Å². The van der Waals surface area contributed by atoms with Crippen molar-refractivity contribution in [1.29, 1.82) is 0 Å². The first kappa shape index (κ1) is 15.2. The van der Waals surface area contributed by atoms with Gasteiger partial charge in [-0.1, -0.05) is 52.0 Å². The minimum atomic E-state index is -0.0521. The smallest absolute Gasteiger partial charge is 0.162 e. The molecular weight excluding hydrogens is 361 g/mol. The van der Waals surface area contributed by atoms with E-state index >= 15 is 0 Å². The van der Waals surface area contributed by atoms with E-state index < -0.39 is 0 Å². The number of aryl methyl sites for hydroxylation is 1. The molecule has 0 bridgehead atoms. The molecule has 2 rings (SSSR count). The van der Waals surface area contributed by atoms with Crippen LogP contribution < -0.4 is 5.73 Å². The van der Waals surface area contributed by atoms with E-state index in [1.165, 1.54) is 5.56 Å². The van der Waals surface area contributed by atoms with Crippen LogP contribution in [0.5, 0.6) is 0 Å². The van der Waals surface area contributed by atoms with E-state index in [-0.39, 0.29) is 5.41 Å². The molecule has 4 heteroatoms. The normalized spacial score (nSPS) is 11.7. The van der Waals surface area contributed by atoms with Gasteiger partial charge in [-0.3, -0.25) is 0 Å². The molecule has 0 fully saturated rings. The summed E-state index contributed by atoms with van der Waals surface area (Å²) in [6, 6.07) is 8.24. The van der Waals surface area contributed by atoms with Gasteiger partial charge >= 0.3 is 0 Å². The van der Waals surface area contributed by atoms with Crippen molar-refractivity contribution in [2.24, 2.45) is 0 Å². The summed E-state index contributed by atoms with van der Waals surface area (Å²) in [5, 5.41) is 0. The van der Waals surface area contributed by atoms with Crippen molar-refractivity contribution < 1.29 is 0 Å². The van der Waals surface area contributed by atoms with Crippen molar-refractivity contribution in [3.63, 3.8) is 0 Å². The van der Waals surface area contributed by atoms with Gasteiger partial charge in [0.25, 0.3) is 0 Å². The lowest BCUT2D eigenvalue weighted by Crippen LogP contribution is -2.18. The number of halogens is 1. The minimum Gasteiger partial charge on any atom is -0.383 e. The molecule has 0 aliphatic rings.